The third-order valence-electron chi connectivity index (χ3n) is 5.17. The summed E-state index contributed by atoms with van der Waals surface area (Å²) in [5.74, 6) is 0.217. The molecule has 28 heavy (non-hydrogen) atoms. The van der Waals surface area contributed by atoms with Gasteiger partial charge in [0.1, 0.15) is 10.4 Å². The molecule has 2 heterocycles. The molecule has 4 rings (SSSR count). The van der Waals surface area contributed by atoms with Crippen molar-refractivity contribution in [1.29, 1.82) is 0 Å². The first-order valence-electron chi connectivity index (χ1n) is 9.03. The van der Waals surface area contributed by atoms with E-state index in [1.165, 1.54) is 16.9 Å². The number of hydrogen-bond acceptors (Lipinski definition) is 4. The lowest BCUT2D eigenvalue weighted by molar-refractivity contribution is 0.292. The minimum atomic E-state index is -0.0868. The molecular formula is C22H23ClN2O2S. The maximum atomic E-state index is 12.3. The molecule has 2 N–H and O–H groups in total. The lowest BCUT2D eigenvalue weighted by Gasteiger charge is -2.23. The van der Waals surface area contributed by atoms with E-state index in [1.54, 1.807) is 12.1 Å². The number of H-pyrrole nitrogens is 1. The summed E-state index contributed by atoms with van der Waals surface area (Å²) in [4.78, 5) is 17.5. The van der Waals surface area contributed by atoms with Gasteiger partial charge < -0.3 is 15.0 Å². The van der Waals surface area contributed by atoms with Gasteiger partial charge in [0.05, 0.1) is 0 Å². The summed E-state index contributed by atoms with van der Waals surface area (Å²) in [5, 5.41) is 14.3. The normalized spacial score (nSPS) is 12.4. The number of nitrogens with one attached hydrogen (secondary N) is 1. The van der Waals surface area contributed by atoms with Gasteiger partial charge in [-0.05, 0) is 55.2 Å². The van der Waals surface area contributed by atoms with Crippen LogP contribution in [-0.4, -0.2) is 29.1 Å². The molecule has 2 aromatic carbocycles. The first-order chi connectivity index (χ1) is 13.0. The molecule has 4 nitrogen and oxygen atoms in total. The van der Waals surface area contributed by atoms with Crippen LogP contribution >= 0.6 is 23.7 Å². The van der Waals surface area contributed by atoms with Gasteiger partial charge in [-0.25, -0.2) is 0 Å². The fraction of sp³-hybridized carbons (Fsp3) is 0.227. The Kier molecular flexibility index (Phi) is 5.79. The van der Waals surface area contributed by atoms with Crippen molar-refractivity contribution in [3.8, 4) is 16.9 Å². The zero-order valence-corrected chi connectivity index (χ0v) is 17.7. The number of rotatable bonds is 4. The molecule has 1 atom stereocenters. The van der Waals surface area contributed by atoms with E-state index in [2.05, 4.69) is 55.2 Å². The molecule has 0 aliphatic rings. The molecule has 0 unspecified atom stereocenters. The van der Waals surface area contributed by atoms with Crippen LogP contribution in [0, 0.1) is 0 Å². The van der Waals surface area contributed by atoms with Crippen molar-refractivity contribution in [2.45, 2.75) is 19.4 Å². The summed E-state index contributed by atoms with van der Waals surface area (Å²) in [7, 11) is 4.17. The van der Waals surface area contributed by atoms with Crippen LogP contribution in [0.1, 0.15) is 24.9 Å². The smallest absolute Gasteiger partial charge is 0.266 e. The fourth-order valence-corrected chi connectivity index (χ4v) is 4.70. The van der Waals surface area contributed by atoms with Crippen molar-refractivity contribution in [2.24, 2.45) is 0 Å². The van der Waals surface area contributed by atoms with Gasteiger partial charge in [0, 0.05) is 27.9 Å². The van der Waals surface area contributed by atoms with Gasteiger partial charge in [0.15, 0.2) is 0 Å². The molecule has 0 bridgehead atoms. The van der Waals surface area contributed by atoms with Gasteiger partial charge in [-0.3, -0.25) is 4.79 Å². The summed E-state index contributed by atoms with van der Waals surface area (Å²) < 4.78 is 0.685. The van der Waals surface area contributed by atoms with E-state index in [-0.39, 0.29) is 23.7 Å². The predicted molar refractivity (Wildman–Crippen MR) is 121 cm³/mol. The Balaban J connectivity index is 0.00000225. The van der Waals surface area contributed by atoms with Crippen LogP contribution in [0.3, 0.4) is 0 Å². The Bertz CT molecular complexity index is 1180. The number of aromatic amines is 1. The van der Waals surface area contributed by atoms with Crippen molar-refractivity contribution >= 4 is 44.7 Å². The monoisotopic (exact) mass is 414 g/mol. The summed E-state index contributed by atoms with van der Waals surface area (Å²) in [6, 6.07) is 14.1. The average molecular weight is 415 g/mol. The Morgan fingerprint density at radius 3 is 2.46 bits per heavy atom. The Labute approximate surface area is 173 Å². The highest BCUT2D eigenvalue weighted by Gasteiger charge is 2.16. The summed E-state index contributed by atoms with van der Waals surface area (Å²) in [6.45, 7) is 2.18. The summed E-state index contributed by atoms with van der Waals surface area (Å²) in [5.41, 5.74) is 3.60. The second-order valence-corrected chi connectivity index (χ2v) is 7.93. The van der Waals surface area contributed by atoms with Crippen molar-refractivity contribution in [2.75, 3.05) is 14.1 Å². The van der Waals surface area contributed by atoms with Crippen LogP contribution in [0.2, 0.25) is 0 Å². The standard InChI is InChI=1S/C22H22N2O2S.ClH/c1-4-17(24(2)3)13-5-7-14(8-6-13)19-18(25)10-9-16-20(19)15-11-12-27-21(15)22(26)23-16;/h5-12,17,25H,4H2,1-3H3,(H,23,26);1H/t17-;/m1./s1. The fourth-order valence-electron chi connectivity index (χ4n) is 3.90. The van der Waals surface area contributed by atoms with Crippen molar-refractivity contribution in [3.63, 3.8) is 0 Å². The SMILES string of the molecule is CC[C@H](c1ccc(-c2c(O)ccc3[nH]c(=O)c4sccc4c23)cc1)N(C)C.Cl. The van der Waals surface area contributed by atoms with Gasteiger partial charge in [0.25, 0.3) is 5.56 Å². The molecule has 0 aliphatic heterocycles. The van der Waals surface area contributed by atoms with Crippen molar-refractivity contribution in [3.05, 3.63) is 63.8 Å². The van der Waals surface area contributed by atoms with E-state index >= 15 is 0 Å². The number of hydrogen-bond donors (Lipinski definition) is 2. The third kappa shape index (κ3) is 3.30. The molecule has 0 saturated heterocycles. The van der Waals surface area contributed by atoms with Crippen LogP contribution in [0.5, 0.6) is 5.75 Å². The zero-order chi connectivity index (χ0) is 19.1. The second-order valence-electron chi connectivity index (χ2n) is 7.01. The van der Waals surface area contributed by atoms with Gasteiger partial charge in [-0.2, -0.15) is 0 Å². The maximum Gasteiger partial charge on any atom is 0.266 e. The molecule has 2 aromatic heterocycles. The Morgan fingerprint density at radius 2 is 1.82 bits per heavy atom. The first kappa shape index (κ1) is 20.4. The molecule has 0 radical (unpaired) electrons. The molecule has 6 heteroatoms. The molecule has 0 fully saturated rings. The number of thiophene rings is 1. The number of nitrogens with zero attached hydrogens (tertiary/aromatic N) is 1. The highest BCUT2D eigenvalue weighted by atomic mass is 35.5. The number of aromatic nitrogens is 1. The minimum absolute atomic E-state index is 0. The Hall–Kier alpha value is -2.34. The van der Waals surface area contributed by atoms with E-state index in [4.69, 9.17) is 0 Å². The second kappa shape index (κ2) is 7.95. The van der Waals surface area contributed by atoms with Crippen molar-refractivity contribution in [1.82, 2.24) is 9.88 Å². The van der Waals surface area contributed by atoms with E-state index in [9.17, 15) is 9.90 Å². The van der Waals surface area contributed by atoms with Gasteiger partial charge in [0.2, 0.25) is 0 Å². The number of pyridine rings is 1. The zero-order valence-electron chi connectivity index (χ0n) is 16.0. The number of fused-ring (bicyclic) bond motifs is 3. The molecule has 0 spiro atoms. The quantitative estimate of drug-likeness (QED) is 0.460. The predicted octanol–water partition coefficient (Wildman–Crippen LogP) is 5.55. The average Bonchev–Trinajstić information content (AvgIpc) is 3.14. The number of halogens is 1. The van der Waals surface area contributed by atoms with Crippen molar-refractivity contribution < 1.29 is 5.11 Å². The maximum absolute atomic E-state index is 12.3. The molecule has 0 aliphatic carbocycles. The summed E-state index contributed by atoms with van der Waals surface area (Å²) in [6.07, 6.45) is 1.03. The summed E-state index contributed by atoms with van der Waals surface area (Å²) >= 11 is 1.42. The van der Waals surface area contributed by atoms with Gasteiger partial charge in [-0.15, -0.1) is 23.7 Å². The lowest BCUT2D eigenvalue weighted by atomic mass is 9.95. The van der Waals surface area contributed by atoms with Gasteiger partial charge >= 0.3 is 0 Å². The van der Waals surface area contributed by atoms with E-state index < -0.39 is 0 Å². The van der Waals surface area contributed by atoms with Crippen LogP contribution in [0.15, 0.2) is 52.6 Å². The molecule has 146 valence electrons. The number of aromatic hydroxyl groups is 1. The highest BCUT2D eigenvalue weighted by molar-refractivity contribution is 7.17. The van der Waals surface area contributed by atoms with Crippen LogP contribution in [0.25, 0.3) is 32.1 Å². The van der Waals surface area contributed by atoms with Gasteiger partial charge in [-0.1, -0.05) is 31.2 Å². The van der Waals surface area contributed by atoms with E-state index in [0.717, 1.165) is 33.8 Å². The number of phenols is 1. The largest absolute Gasteiger partial charge is 0.507 e. The van der Waals surface area contributed by atoms with Crippen LogP contribution in [0.4, 0.5) is 0 Å². The Morgan fingerprint density at radius 1 is 1.11 bits per heavy atom. The topological polar surface area (TPSA) is 56.3 Å². The molecule has 4 aromatic rings. The molecule has 0 saturated carbocycles. The lowest BCUT2D eigenvalue weighted by Crippen LogP contribution is -2.18. The number of benzene rings is 2. The number of phenolic OH excluding ortho intramolecular Hbond substituents is 1. The highest BCUT2D eigenvalue weighted by Crippen LogP contribution is 2.40. The van der Waals surface area contributed by atoms with Crippen LogP contribution < -0.4 is 5.56 Å². The van der Waals surface area contributed by atoms with E-state index in [0.29, 0.717) is 10.7 Å². The third-order valence-corrected chi connectivity index (χ3v) is 6.08. The van der Waals surface area contributed by atoms with E-state index in [1.807, 2.05) is 11.4 Å². The molecule has 0 amide bonds. The first-order valence-corrected chi connectivity index (χ1v) is 9.91. The minimum Gasteiger partial charge on any atom is -0.507 e. The molecular weight excluding hydrogens is 392 g/mol. The van der Waals surface area contributed by atoms with Crippen LogP contribution in [-0.2, 0) is 0 Å².